The quantitative estimate of drug-likeness (QED) is 0.837. The van der Waals surface area contributed by atoms with Crippen LogP contribution in [-0.2, 0) is 11.3 Å². The van der Waals surface area contributed by atoms with E-state index in [9.17, 15) is 9.59 Å². The lowest BCUT2D eigenvalue weighted by atomic mass is 10.3. The van der Waals surface area contributed by atoms with Crippen molar-refractivity contribution < 1.29 is 9.59 Å². The standard InChI is InChI=1S/C13H20BrN3O2/c1-4-17-8-10(14)7-11(17)13(19)15-6-5-12(18)16-9(2)3/h7-9H,4-6H2,1-3H3,(H,15,19)(H,16,18). The van der Waals surface area contributed by atoms with E-state index >= 15 is 0 Å². The van der Waals surface area contributed by atoms with Crippen molar-refractivity contribution in [2.24, 2.45) is 0 Å². The summed E-state index contributed by atoms with van der Waals surface area (Å²) in [6, 6.07) is 1.89. The monoisotopic (exact) mass is 329 g/mol. The van der Waals surface area contributed by atoms with Crippen molar-refractivity contribution in [2.75, 3.05) is 6.54 Å². The zero-order valence-electron chi connectivity index (χ0n) is 11.5. The molecule has 19 heavy (non-hydrogen) atoms. The highest BCUT2D eigenvalue weighted by atomic mass is 79.9. The number of carbonyl (C=O) groups excluding carboxylic acids is 2. The van der Waals surface area contributed by atoms with Gasteiger partial charge >= 0.3 is 0 Å². The van der Waals surface area contributed by atoms with Crippen LogP contribution in [0.3, 0.4) is 0 Å². The molecular weight excluding hydrogens is 310 g/mol. The Hall–Kier alpha value is -1.30. The van der Waals surface area contributed by atoms with Gasteiger partial charge in [-0.15, -0.1) is 0 Å². The molecular formula is C13H20BrN3O2. The molecule has 0 radical (unpaired) electrons. The molecule has 1 rings (SSSR count). The molecule has 1 aromatic rings. The predicted octanol–water partition coefficient (Wildman–Crippen LogP) is 1.91. The van der Waals surface area contributed by atoms with Crippen LogP contribution in [0.2, 0.25) is 0 Å². The lowest BCUT2D eigenvalue weighted by Crippen LogP contribution is -2.34. The fraction of sp³-hybridized carbons (Fsp3) is 0.538. The van der Waals surface area contributed by atoms with E-state index in [1.54, 1.807) is 6.07 Å². The van der Waals surface area contributed by atoms with E-state index in [0.29, 0.717) is 12.2 Å². The van der Waals surface area contributed by atoms with E-state index < -0.39 is 0 Å². The second-order valence-corrected chi connectivity index (χ2v) is 5.47. The van der Waals surface area contributed by atoms with Crippen molar-refractivity contribution in [2.45, 2.75) is 39.8 Å². The Morgan fingerprint density at radius 2 is 2.11 bits per heavy atom. The van der Waals surface area contributed by atoms with E-state index in [4.69, 9.17) is 0 Å². The van der Waals surface area contributed by atoms with Crippen LogP contribution in [0.15, 0.2) is 16.7 Å². The molecule has 0 aliphatic carbocycles. The molecule has 0 atom stereocenters. The maximum Gasteiger partial charge on any atom is 0.267 e. The number of amides is 2. The first-order valence-corrected chi connectivity index (χ1v) is 7.16. The number of nitrogens with zero attached hydrogens (tertiary/aromatic N) is 1. The van der Waals surface area contributed by atoms with Crippen LogP contribution in [0.25, 0.3) is 0 Å². The Morgan fingerprint density at radius 3 is 2.68 bits per heavy atom. The molecule has 0 fully saturated rings. The summed E-state index contributed by atoms with van der Waals surface area (Å²) in [5, 5.41) is 5.53. The summed E-state index contributed by atoms with van der Waals surface area (Å²) < 4.78 is 2.73. The van der Waals surface area contributed by atoms with Crippen molar-refractivity contribution in [3.05, 3.63) is 22.4 Å². The molecule has 1 heterocycles. The number of aromatic nitrogens is 1. The van der Waals surface area contributed by atoms with E-state index in [-0.39, 0.29) is 24.3 Å². The Morgan fingerprint density at radius 1 is 1.42 bits per heavy atom. The zero-order valence-corrected chi connectivity index (χ0v) is 13.1. The highest BCUT2D eigenvalue weighted by Crippen LogP contribution is 2.14. The number of hydrogen-bond acceptors (Lipinski definition) is 2. The molecule has 5 nitrogen and oxygen atoms in total. The summed E-state index contributed by atoms with van der Waals surface area (Å²) in [5.74, 6) is -0.216. The molecule has 0 bridgehead atoms. The second-order valence-electron chi connectivity index (χ2n) is 4.56. The Labute approximate surface area is 121 Å². The first kappa shape index (κ1) is 15.8. The molecule has 0 saturated carbocycles. The minimum Gasteiger partial charge on any atom is -0.354 e. The van der Waals surface area contributed by atoms with Gasteiger partial charge in [0.1, 0.15) is 5.69 Å². The third kappa shape index (κ3) is 5.06. The fourth-order valence-corrected chi connectivity index (χ4v) is 2.17. The first-order valence-electron chi connectivity index (χ1n) is 6.37. The Kier molecular flexibility index (Phi) is 6.08. The van der Waals surface area contributed by atoms with Gasteiger partial charge in [0, 0.05) is 36.2 Å². The van der Waals surface area contributed by atoms with Crippen molar-refractivity contribution in [1.29, 1.82) is 0 Å². The van der Waals surface area contributed by atoms with Crippen LogP contribution in [0, 0.1) is 0 Å². The minimum absolute atomic E-state index is 0.0534. The van der Waals surface area contributed by atoms with Crippen molar-refractivity contribution in [3.8, 4) is 0 Å². The number of rotatable bonds is 6. The SMILES string of the molecule is CCn1cc(Br)cc1C(=O)NCCC(=O)NC(C)C. The van der Waals surface area contributed by atoms with Crippen LogP contribution in [0.1, 0.15) is 37.7 Å². The van der Waals surface area contributed by atoms with Crippen molar-refractivity contribution in [3.63, 3.8) is 0 Å². The topological polar surface area (TPSA) is 63.1 Å². The lowest BCUT2D eigenvalue weighted by molar-refractivity contribution is -0.121. The highest BCUT2D eigenvalue weighted by molar-refractivity contribution is 9.10. The normalized spacial score (nSPS) is 10.6. The average molecular weight is 330 g/mol. The smallest absolute Gasteiger partial charge is 0.267 e. The van der Waals surface area contributed by atoms with Gasteiger partial charge in [-0.3, -0.25) is 9.59 Å². The minimum atomic E-state index is -0.162. The number of carbonyl (C=O) groups is 2. The molecule has 0 aromatic carbocycles. The summed E-state index contributed by atoms with van der Waals surface area (Å²) in [5.41, 5.74) is 0.596. The van der Waals surface area contributed by atoms with E-state index in [1.807, 2.05) is 31.5 Å². The Balaban J connectivity index is 2.45. The fourth-order valence-electron chi connectivity index (χ4n) is 1.70. The van der Waals surface area contributed by atoms with Gasteiger partial charge < -0.3 is 15.2 Å². The summed E-state index contributed by atoms with van der Waals surface area (Å²) in [4.78, 5) is 23.4. The van der Waals surface area contributed by atoms with Gasteiger partial charge in [0.25, 0.3) is 5.91 Å². The molecule has 2 N–H and O–H groups in total. The molecule has 106 valence electrons. The third-order valence-electron chi connectivity index (χ3n) is 2.52. The Bertz CT molecular complexity index is 455. The largest absolute Gasteiger partial charge is 0.354 e. The molecule has 6 heteroatoms. The van der Waals surface area contributed by atoms with Crippen LogP contribution in [0.4, 0.5) is 0 Å². The summed E-state index contributed by atoms with van der Waals surface area (Å²) >= 11 is 3.35. The lowest BCUT2D eigenvalue weighted by Gasteiger charge is -2.09. The summed E-state index contributed by atoms with van der Waals surface area (Å²) in [6.45, 7) is 6.84. The molecule has 0 saturated heterocycles. The summed E-state index contributed by atoms with van der Waals surface area (Å²) in [7, 11) is 0. The molecule has 1 aromatic heterocycles. The molecule has 0 spiro atoms. The molecule has 0 aliphatic heterocycles. The van der Waals surface area contributed by atoms with Gasteiger partial charge in [-0.25, -0.2) is 0 Å². The maximum absolute atomic E-state index is 12.0. The van der Waals surface area contributed by atoms with E-state index in [2.05, 4.69) is 26.6 Å². The third-order valence-corrected chi connectivity index (χ3v) is 2.96. The van der Waals surface area contributed by atoms with Crippen LogP contribution >= 0.6 is 15.9 Å². The highest BCUT2D eigenvalue weighted by Gasteiger charge is 2.12. The maximum atomic E-state index is 12.0. The van der Waals surface area contributed by atoms with Gasteiger partial charge in [0.15, 0.2) is 0 Å². The van der Waals surface area contributed by atoms with Crippen LogP contribution in [0.5, 0.6) is 0 Å². The molecule has 2 amide bonds. The van der Waals surface area contributed by atoms with Crippen molar-refractivity contribution in [1.82, 2.24) is 15.2 Å². The number of aryl methyl sites for hydroxylation is 1. The van der Waals surface area contributed by atoms with E-state index in [1.165, 1.54) is 0 Å². The number of hydrogen-bond donors (Lipinski definition) is 2. The molecule has 0 unspecified atom stereocenters. The predicted molar refractivity (Wildman–Crippen MR) is 78.0 cm³/mol. The zero-order chi connectivity index (χ0) is 14.4. The summed E-state index contributed by atoms with van der Waals surface area (Å²) in [6.07, 6.45) is 2.15. The average Bonchev–Trinajstić information content (AvgIpc) is 2.69. The van der Waals surface area contributed by atoms with Gasteiger partial charge in [-0.05, 0) is 42.8 Å². The van der Waals surface area contributed by atoms with Crippen LogP contribution < -0.4 is 10.6 Å². The van der Waals surface area contributed by atoms with Crippen molar-refractivity contribution >= 4 is 27.7 Å². The van der Waals surface area contributed by atoms with E-state index in [0.717, 1.165) is 11.0 Å². The van der Waals surface area contributed by atoms with Crippen LogP contribution in [-0.4, -0.2) is 29.0 Å². The number of halogens is 1. The second kappa shape index (κ2) is 7.33. The van der Waals surface area contributed by atoms with Gasteiger partial charge in [0.05, 0.1) is 0 Å². The van der Waals surface area contributed by atoms with Gasteiger partial charge in [-0.2, -0.15) is 0 Å². The molecule has 0 aliphatic rings. The first-order chi connectivity index (χ1) is 8.93. The van der Waals surface area contributed by atoms with Gasteiger partial charge in [0.2, 0.25) is 5.91 Å². The van der Waals surface area contributed by atoms with Gasteiger partial charge in [-0.1, -0.05) is 0 Å². The number of nitrogens with one attached hydrogen (secondary N) is 2.